The molecule has 4 rings (SSSR count). The molecule has 1 unspecified atom stereocenters. The molecule has 0 radical (unpaired) electrons. The fourth-order valence-corrected chi connectivity index (χ4v) is 6.32. The number of rotatable bonds is 9. The van der Waals surface area contributed by atoms with Crippen LogP contribution in [-0.2, 0) is 40.3 Å². The average molecular weight is 643 g/mol. The van der Waals surface area contributed by atoms with Gasteiger partial charge in [-0.25, -0.2) is 27.7 Å². The molecule has 45 heavy (non-hydrogen) atoms. The summed E-state index contributed by atoms with van der Waals surface area (Å²) in [6.07, 6.45) is 2.64. The molecular formula is C32H42N4O8S. The van der Waals surface area contributed by atoms with Crippen molar-refractivity contribution < 1.29 is 37.1 Å². The predicted molar refractivity (Wildman–Crippen MR) is 167 cm³/mol. The second-order valence-electron chi connectivity index (χ2n) is 12.4. The summed E-state index contributed by atoms with van der Waals surface area (Å²) in [5.41, 5.74) is 0.764. The van der Waals surface area contributed by atoms with E-state index in [1.165, 1.54) is 24.3 Å². The number of nitrogens with one attached hydrogen (secondary N) is 3. The zero-order chi connectivity index (χ0) is 32.8. The average Bonchev–Trinajstić information content (AvgIpc) is 3.53. The van der Waals surface area contributed by atoms with Crippen molar-refractivity contribution >= 4 is 39.6 Å². The number of carbonyl (C=O) groups is 4. The number of hydrogen-bond donors (Lipinski definition) is 3. The van der Waals surface area contributed by atoms with E-state index >= 15 is 0 Å². The molecule has 0 bridgehead atoms. The topological polar surface area (TPSA) is 160 Å². The van der Waals surface area contributed by atoms with E-state index in [0.29, 0.717) is 31.5 Å². The van der Waals surface area contributed by atoms with Crippen LogP contribution in [0.2, 0.25) is 0 Å². The van der Waals surface area contributed by atoms with E-state index in [2.05, 4.69) is 15.4 Å². The number of carbonyl (C=O) groups excluding carboxylic acids is 4. The van der Waals surface area contributed by atoms with E-state index in [-0.39, 0.29) is 17.0 Å². The molecule has 2 amide bonds. The van der Waals surface area contributed by atoms with E-state index in [1.807, 2.05) is 6.92 Å². The minimum atomic E-state index is -4.17. The van der Waals surface area contributed by atoms with Gasteiger partial charge >= 0.3 is 18.0 Å². The van der Waals surface area contributed by atoms with Gasteiger partial charge in [-0.05, 0) is 103 Å². The van der Waals surface area contributed by atoms with Crippen molar-refractivity contribution in [1.29, 1.82) is 0 Å². The summed E-state index contributed by atoms with van der Waals surface area (Å²) in [6.45, 7) is 8.22. The molecule has 2 aliphatic heterocycles. The van der Waals surface area contributed by atoms with Gasteiger partial charge in [0.2, 0.25) is 10.0 Å². The molecule has 2 aromatic carbocycles. The number of imide groups is 1. The zero-order valence-electron chi connectivity index (χ0n) is 26.1. The van der Waals surface area contributed by atoms with Crippen molar-refractivity contribution in [1.82, 2.24) is 15.4 Å². The number of nitrogens with zero attached hydrogens (tertiary/aromatic N) is 1. The molecule has 0 aliphatic carbocycles. The highest BCUT2D eigenvalue weighted by atomic mass is 32.2. The number of sulfonamides is 1. The third-order valence-corrected chi connectivity index (χ3v) is 8.99. The molecule has 2 fully saturated rings. The summed E-state index contributed by atoms with van der Waals surface area (Å²) >= 11 is 0. The summed E-state index contributed by atoms with van der Waals surface area (Å²) in [7, 11) is -4.17. The van der Waals surface area contributed by atoms with Crippen molar-refractivity contribution in [3.63, 3.8) is 0 Å². The minimum absolute atomic E-state index is 0.0483. The molecule has 2 saturated heterocycles. The van der Waals surface area contributed by atoms with Crippen molar-refractivity contribution in [3.05, 3.63) is 59.7 Å². The van der Waals surface area contributed by atoms with E-state index in [9.17, 15) is 27.6 Å². The van der Waals surface area contributed by atoms with Gasteiger partial charge in [-0.2, -0.15) is 4.72 Å². The maximum atomic E-state index is 13.5. The Bertz CT molecular complexity index is 1470. The van der Waals surface area contributed by atoms with Gasteiger partial charge in [-0.15, -0.1) is 0 Å². The molecule has 2 aromatic rings. The Morgan fingerprint density at radius 1 is 0.911 bits per heavy atom. The number of piperidine rings is 1. The lowest BCUT2D eigenvalue weighted by molar-refractivity contribution is -0.162. The summed E-state index contributed by atoms with van der Waals surface area (Å²) in [4.78, 5) is 53.5. The standard InChI is InChI=1S/C32H42N4O8S/c1-21-10-16-24(17-11-21)45(41,42)35-27(30(39)43-29(38)26-9-7-19-34-26)20-22-12-14-23(15-13-22)36(31(40)44-32(2,3)4)28(37)25-8-5-6-18-33-25/h10-17,25-27,33-35H,5-9,18-20H2,1-4H3/t25?,26-,27-/m0/s1. The number of amides is 2. The number of anilines is 1. The van der Waals surface area contributed by atoms with E-state index in [1.54, 1.807) is 45.0 Å². The minimum Gasteiger partial charge on any atom is -0.443 e. The molecule has 3 N–H and O–H groups in total. The normalized spacial score (nSPS) is 19.4. The first kappa shape index (κ1) is 34.2. The summed E-state index contributed by atoms with van der Waals surface area (Å²) in [5, 5.41) is 6.13. The van der Waals surface area contributed by atoms with Crippen LogP contribution in [-0.4, -0.2) is 69.2 Å². The number of esters is 2. The highest BCUT2D eigenvalue weighted by Gasteiger charge is 2.35. The van der Waals surface area contributed by atoms with Gasteiger partial charge in [0.25, 0.3) is 5.91 Å². The van der Waals surface area contributed by atoms with Crippen LogP contribution >= 0.6 is 0 Å². The maximum absolute atomic E-state index is 13.5. The first-order valence-corrected chi connectivity index (χ1v) is 16.7. The van der Waals surface area contributed by atoms with Crippen molar-refractivity contribution in [3.8, 4) is 0 Å². The van der Waals surface area contributed by atoms with Gasteiger partial charge in [0.15, 0.2) is 0 Å². The largest absolute Gasteiger partial charge is 0.443 e. The van der Waals surface area contributed by atoms with Crippen molar-refractivity contribution in [2.75, 3.05) is 18.0 Å². The fraction of sp³-hybridized carbons (Fsp3) is 0.500. The number of hydrogen-bond acceptors (Lipinski definition) is 10. The first-order valence-electron chi connectivity index (χ1n) is 15.2. The summed E-state index contributed by atoms with van der Waals surface area (Å²) in [5.74, 6) is -2.25. The van der Waals surface area contributed by atoms with Gasteiger partial charge in [-0.3, -0.25) is 4.79 Å². The highest BCUT2D eigenvalue weighted by molar-refractivity contribution is 7.89. The first-order chi connectivity index (χ1) is 21.2. The van der Waals surface area contributed by atoms with Gasteiger partial charge < -0.3 is 20.1 Å². The molecular weight excluding hydrogens is 600 g/mol. The van der Waals surface area contributed by atoms with E-state index in [4.69, 9.17) is 9.47 Å². The predicted octanol–water partition coefficient (Wildman–Crippen LogP) is 3.12. The fourth-order valence-electron chi connectivity index (χ4n) is 5.14. The molecule has 244 valence electrons. The number of ether oxygens (including phenoxy) is 2. The van der Waals surface area contributed by atoms with Crippen LogP contribution in [0, 0.1) is 6.92 Å². The summed E-state index contributed by atoms with van der Waals surface area (Å²) < 4.78 is 39.5. The summed E-state index contributed by atoms with van der Waals surface area (Å²) in [6, 6.07) is 9.71. The second-order valence-corrected chi connectivity index (χ2v) is 14.1. The Morgan fingerprint density at radius 2 is 1.53 bits per heavy atom. The van der Waals surface area contributed by atoms with Crippen LogP contribution in [0.5, 0.6) is 0 Å². The number of aryl methyl sites for hydroxylation is 1. The second kappa shape index (κ2) is 14.6. The Morgan fingerprint density at radius 3 is 2.11 bits per heavy atom. The lowest BCUT2D eigenvalue weighted by atomic mass is 10.0. The molecule has 12 nitrogen and oxygen atoms in total. The van der Waals surface area contributed by atoms with Crippen molar-refractivity contribution in [2.24, 2.45) is 0 Å². The lowest BCUT2D eigenvalue weighted by Crippen LogP contribution is -2.52. The smallest absolute Gasteiger partial charge is 0.421 e. The van der Waals surface area contributed by atoms with Crippen LogP contribution in [0.3, 0.4) is 0 Å². The Balaban J connectivity index is 1.58. The Kier molecular flexibility index (Phi) is 11.1. The van der Waals surface area contributed by atoms with E-state index < -0.39 is 57.7 Å². The van der Waals surface area contributed by atoms with Crippen molar-refractivity contribution in [2.45, 2.75) is 94.8 Å². The van der Waals surface area contributed by atoms with Crippen LogP contribution in [0.15, 0.2) is 53.4 Å². The molecule has 0 saturated carbocycles. The van der Waals surface area contributed by atoms with E-state index in [0.717, 1.165) is 29.7 Å². The lowest BCUT2D eigenvalue weighted by Gasteiger charge is -2.30. The highest BCUT2D eigenvalue weighted by Crippen LogP contribution is 2.23. The van der Waals surface area contributed by atoms with Gasteiger partial charge in [0.05, 0.1) is 16.6 Å². The third-order valence-electron chi connectivity index (χ3n) is 7.50. The molecule has 0 aromatic heterocycles. The van der Waals surface area contributed by atoms with Gasteiger partial charge in [-0.1, -0.05) is 36.2 Å². The van der Waals surface area contributed by atoms with Gasteiger partial charge in [0, 0.05) is 0 Å². The monoisotopic (exact) mass is 642 g/mol. The number of benzene rings is 2. The SMILES string of the molecule is Cc1ccc(S(=O)(=O)N[C@@H](Cc2ccc(N(C(=O)OC(C)(C)C)C(=O)C3CCCCN3)cc2)C(=O)OC(=O)[C@@H]2CCCN2)cc1. The zero-order valence-corrected chi connectivity index (χ0v) is 26.9. The molecule has 0 spiro atoms. The Hall–Kier alpha value is -3.65. The Labute approximate surface area is 264 Å². The van der Waals surface area contributed by atoms with Crippen LogP contribution in [0.25, 0.3) is 0 Å². The van der Waals surface area contributed by atoms with Crippen LogP contribution in [0.4, 0.5) is 10.5 Å². The van der Waals surface area contributed by atoms with Crippen LogP contribution in [0.1, 0.15) is 64.0 Å². The molecule has 3 atom stereocenters. The molecule has 13 heteroatoms. The van der Waals surface area contributed by atoms with Gasteiger partial charge in [0.1, 0.15) is 17.7 Å². The third kappa shape index (κ3) is 9.42. The quantitative estimate of drug-likeness (QED) is 0.274. The van der Waals surface area contributed by atoms with Crippen LogP contribution < -0.4 is 20.3 Å². The molecule has 2 heterocycles. The molecule has 2 aliphatic rings. The maximum Gasteiger partial charge on any atom is 0.421 e.